The quantitative estimate of drug-likeness (QED) is 0.524. The number of para-hydroxylation sites is 1. The molecule has 1 aromatic rings. The van der Waals surface area contributed by atoms with Gasteiger partial charge in [0.2, 0.25) is 17.7 Å². The molecule has 3 unspecified atom stereocenters. The van der Waals surface area contributed by atoms with Gasteiger partial charge in [0, 0.05) is 17.5 Å². The van der Waals surface area contributed by atoms with E-state index in [1.54, 1.807) is 16.7 Å². The highest BCUT2D eigenvalue weighted by Crippen LogP contribution is 2.68. The maximum Gasteiger partial charge on any atom is 0.248 e. The van der Waals surface area contributed by atoms with Crippen molar-refractivity contribution >= 4 is 35.2 Å². The summed E-state index contributed by atoms with van der Waals surface area (Å²) in [5.74, 6) is -1.38. The van der Waals surface area contributed by atoms with E-state index in [4.69, 9.17) is 0 Å². The number of thioether (sulfide) groups is 1. The summed E-state index contributed by atoms with van der Waals surface area (Å²) in [6.07, 6.45) is 2.16. The zero-order valence-corrected chi connectivity index (χ0v) is 21.6. The molecular formula is C26H37N3O4S. The molecule has 0 aliphatic carbocycles. The van der Waals surface area contributed by atoms with Crippen molar-refractivity contribution in [3.05, 3.63) is 29.3 Å². The predicted octanol–water partition coefficient (Wildman–Crippen LogP) is 2.88. The number of aryl methyl sites for hydroxylation is 2. The van der Waals surface area contributed by atoms with Crippen LogP contribution in [0.5, 0.6) is 0 Å². The van der Waals surface area contributed by atoms with Crippen molar-refractivity contribution < 1.29 is 19.5 Å². The van der Waals surface area contributed by atoms with Crippen LogP contribution in [0, 0.1) is 31.6 Å². The van der Waals surface area contributed by atoms with E-state index in [2.05, 4.69) is 17.6 Å². The van der Waals surface area contributed by atoms with E-state index >= 15 is 0 Å². The summed E-state index contributed by atoms with van der Waals surface area (Å²) in [4.78, 5) is 42.9. The molecule has 4 rings (SSSR count). The van der Waals surface area contributed by atoms with Gasteiger partial charge in [0.05, 0.1) is 29.2 Å². The smallest absolute Gasteiger partial charge is 0.248 e. The number of nitrogens with zero attached hydrogens (tertiary/aromatic N) is 1. The molecule has 3 amide bonds. The first-order chi connectivity index (χ1) is 16.2. The largest absolute Gasteiger partial charge is 0.394 e. The molecule has 3 fully saturated rings. The van der Waals surface area contributed by atoms with E-state index in [9.17, 15) is 19.5 Å². The molecule has 3 heterocycles. The third-order valence-corrected chi connectivity index (χ3v) is 10.2. The fourth-order valence-electron chi connectivity index (χ4n) is 6.44. The van der Waals surface area contributed by atoms with Gasteiger partial charge in [-0.1, -0.05) is 39.0 Å². The number of likely N-dealkylation sites (tertiary alicyclic amines) is 1. The first kappa shape index (κ1) is 25.0. The molecule has 2 bridgehead atoms. The van der Waals surface area contributed by atoms with Gasteiger partial charge in [0.15, 0.2) is 0 Å². The van der Waals surface area contributed by atoms with E-state index in [-0.39, 0.29) is 35.5 Å². The summed E-state index contributed by atoms with van der Waals surface area (Å²) in [7, 11) is 0. The molecule has 186 valence electrons. The van der Waals surface area contributed by atoms with Crippen molar-refractivity contribution in [3.8, 4) is 0 Å². The minimum atomic E-state index is -0.741. The Labute approximate surface area is 206 Å². The molecule has 3 N–H and O–H groups in total. The average Bonchev–Trinajstić information content (AvgIpc) is 3.40. The van der Waals surface area contributed by atoms with Crippen LogP contribution in [0.3, 0.4) is 0 Å². The highest BCUT2D eigenvalue weighted by atomic mass is 32.2. The third-order valence-electron chi connectivity index (χ3n) is 8.09. The van der Waals surface area contributed by atoms with Gasteiger partial charge >= 0.3 is 0 Å². The number of nitrogens with one attached hydrogen (secondary N) is 2. The van der Waals surface area contributed by atoms with Gasteiger partial charge in [-0.15, -0.1) is 11.8 Å². The molecule has 34 heavy (non-hydrogen) atoms. The zero-order chi connectivity index (χ0) is 24.8. The first-order valence-electron chi connectivity index (χ1n) is 12.5. The lowest BCUT2D eigenvalue weighted by Crippen LogP contribution is -2.57. The number of hydrogen-bond acceptors (Lipinski definition) is 5. The highest BCUT2D eigenvalue weighted by molar-refractivity contribution is 8.02. The van der Waals surface area contributed by atoms with Gasteiger partial charge in [0.1, 0.15) is 6.04 Å². The fraction of sp³-hybridized carbons (Fsp3) is 0.654. The van der Waals surface area contributed by atoms with Gasteiger partial charge in [-0.2, -0.15) is 0 Å². The normalized spacial score (nSPS) is 32.6. The molecule has 8 heteroatoms. The Bertz CT molecular complexity index is 961. The van der Waals surface area contributed by atoms with Crippen LogP contribution in [0.1, 0.15) is 51.2 Å². The van der Waals surface area contributed by atoms with Crippen LogP contribution in [0.25, 0.3) is 0 Å². The van der Waals surface area contributed by atoms with E-state index in [0.717, 1.165) is 29.7 Å². The van der Waals surface area contributed by atoms with Gasteiger partial charge in [-0.25, -0.2) is 0 Å². The fourth-order valence-corrected chi connectivity index (χ4v) is 8.84. The lowest BCUT2D eigenvalue weighted by Gasteiger charge is -2.40. The molecular weight excluding hydrogens is 450 g/mol. The molecule has 1 spiro atoms. The molecule has 3 saturated heterocycles. The summed E-state index contributed by atoms with van der Waals surface area (Å²) < 4.78 is -0.681. The number of fused-ring (bicyclic) bond motifs is 1. The standard InChI is InChI=1S/C26H37N3O4S/c1-6-11-27-23(31)19-18-12-16(5)26(34-18)20(19)25(33)29(17(7-2)13-30)22(26)24(32)28-21-14(3)9-8-10-15(21)4/h8-10,16-20,22,30H,6-7,11-13H2,1-5H3,(H,27,31)(H,28,32)/t16?,17-,18-,19+,20-,22?,26?/m0/s1. The molecule has 0 saturated carbocycles. The minimum absolute atomic E-state index is 0.0210. The summed E-state index contributed by atoms with van der Waals surface area (Å²) in [6.45, 7) is 10.3. The topological polar surface area (TPSA) is 98.7 Å². The number of anilines is 1. The van der Waals surface area contributed by atoms with Crippen LogP contribution in [0.15, 0.2) is 18.2 Å². The number of amides is 3. The van der Waals surface area contributed by atoms with Crippen molar-refractivity contribution in [2.75, 3.05) is 18.5 Å². The Morgan fingerprint density at radius 3 is 2.50 bits per heavy atom. The van der Waals surface area contributed by atoms with Gasteiger partial charge < -0.3 is 20.6 Å². The number of hydrogen-bond donors (Lipinski definition) is 3. The lowest BCUT2D eigenvalue weighted by molar-refractivity contribution is -0.142. The Balaban J connectivity index is 1.78. The summed E-state index contributed by atoms with van der Waals surface area (Å²) in [5, 5.41) is 16.3. The van der Waals surface area contributed by atoms with Crippen molar-refractivity contribution in [2.45, 2.75) is 76.0 Å². The van der Waals surface area contributed by atoms with Crippen LogP contribution < -0.4 is 10.6 Å². The maximum atomic E-state index is 14.0. The second kappa shape index (κ2) is 9.53. The van der Waals surface area contributed by atoms with Crippen molar-refractivity contribution in [1.82, 2.24) is 10.2 Å². The average molecular weight is 488 g/mol. The third kappa shape index (κ3) is 3.65. The Kier molecular flexibility index (Phi) is 7.02. The van der Waals surface area contributed by atoms with Crippen LogP contribution in [0.2, 0.25) is 0 Å². The predicted molar refractivity (Wildman–Crippen MR) is 135 cm³/mol. The summed E-state index contributed by atoms with van der Waals surface area (Å²) in [5.41, 5.74) is 2.68. The second-order valence-corrected chi connectivity index (χ2v) is 11.6. The summed E-state index contributed by atoms with van der Waals surface area (Å²) in [6, 6.07) is 4.66. The molecule has 3 aliphatic rings. The Hall–Kier alpha value is -2.06. The van der Waals surface area contributed by atoms with Crippen LogP contribution in [-0.4, -0.2) is 63.0 Å². The van der Waals surface area contributed by atoms with E-state index in [1.807, 2.05) is 45.9 Å². The molecule has 0 aromatic heterocycles. The monoisotopic (exact) mass is 487 g/mol. The number of benzene rings is 1. The molecule has 3 aliphatic heterocycles. The van der Waals surface area contributed by atoms with Crippen LogP contribution in [0.4, 0.5) is 5.69 Å². The van der Waals surface area contributed by atoms with Gasteiger partial charge in [-0.05, 0) is 50.2 Å². The zero-order valence-electron chi connectivity index (χ0n) is 20.8. The minimum Gasteiger partial charge on any atom is -0.394 e. The number of carbonyl (C=O) groups is 3. The van der Waals surface area contributed by atoms with Gasteiger partial charge in [0.25, 0.3) is 0 Å². The Morgan fingerprint density at radius 2 is 1.91 bits per heavy atom. The molecule has 7 atom stereocenters. The molecule has 7 nitrogen and oxygen atoms in total. The molecule has 1 aromatic carbocycles. The number of aliphatic hydroxyl groups is 1. The maximum absolute atomic E-state index is 14.0. The van der Waals surface area contributed by atoms with Crippen LogP contribution >= 0.6 is 11.8 Å². The number of rotatable bonds is 8. The van der Waals surface area contributed by atoms with Crippen LogP contribution in [-0.2, 0) is 14.4 Å². The van der Waals surface area contributed by atoms with Gasteiger partial charge in [-0.3, -0.25) is 14.4 Å². The molecule has 0 radical (unpaired) electrons. The van der Waals surface area contributed by atoms with E-state index < -0.39 is 28.7 Å². The van der Waals surface area contributed by atoms with E-state index in [1.165, 1.54) is 0 Å². The van der Waals surface area contributed by atoms with Crippen molar-refractivity contribution in [1.29, 1.82) is 0 Å². The van der Waals surface area contributed by atoms with Crippen molar-refractivity contribution in [3.63, 3.8) is 0 Å². The second-order valence-electron chi connectivity index (χ2n) is 10.1. The summed E-state index contributed by atoms with van der Waals surface area (Å²) >= 11 is 1.66. The Morgan fingerprint density at radius 1 is 1.24 bits per heavy atom. The number of aliphatic hydroxyl groups excluding tert-OH is 1. The lowest BCUT2D eigenvalue weighted by atomic mass is 9.66. The van der Waals surface area contributed by atoms with E-state index in [0.29, 0.717) is 13.0 Å². The SMILES string of the molecule is CCCNC(=O)[C@@H]1[C@@H]2CC(C)C3(S2)C(C(=O)Nc2c(C)cccc2C)N([C@@H](CC)CO)C(=O)[C@H]13. The number of carbonyl (C=O) groups excluding carboxylic acids is 3. The highest BCUT2D eigenvalue weighted by Gasteiger charge is 2.76. The first-order valence-corrected chi connectivity index (χ1v) is 13.4. The van der Waals surface area contributed by atoms with Crippen molar-refractivity contribution in [2.24, 2.45) is 17.8 Å².